The van der Waals surface area contributed by atoms with Gasteiger partial charge in [0.05, 0.1) is 19.3 Å². The number of halogens is 1. The second-order valence-corrected chi connectivity index (χ2v) is 5.90. The molecule has 2 aromatic heterocycles. The molecule has 0 aliphatic rings. The normalized spacial score (nSPS) is 11.1. The Labute approximate surface area is 176 Å². The molecule has 2 heterocycles. The molecule has 0 saturated heterocycles. The van der Waals surface area contributed by atoms with Gasteiger partial charge >= 0.3 is 0 Å². The maximum Gasteiger partial charge on any atom is 0.213 e. The van der Waals surface area contributed by atoms with Gasteiger partial charge in [0.2, 0.25) is 5.88 Å². The molecule has 144 valence electrons. The second kappa shape index (κ2) is 10.8. The Morgan fingerprint density at radius 3 is 2.81 bits per heavy atom. The van der Waals surface area contributed by atoms with Gasteiger partial charge in [-0.1, -0.05) is 24.3 Å². The molecule has 0 atom stereocenters. The molecule has 0 amide bonds. The zero-order valence-corrected chi connectivity index (χ0v) is 18.0. The van der Waals surface area contributed by atoms with Crippen LogP contribution >= 0.6 is 24.0 Å². The molecule has 0 spiro atoms. The van der Waals surface area contributed by atoms with E-state index in [0.717, 1.165) is 31.2 Å². The highest BCUT2D eigenvalue weighted by molar-refractivity contribution is 14.0. The standard InChI is InChI=1S/C20H25N5O.HI/c1-3-21-20(24-14-16-7-6-10-19(25-16)26-2)22-12-11-15-13-23-18-9-5-4-8-17(15)18;/h4-10,13,23H,3,11-12,14H2,1-2H3,(H2,21,22,24);1H. The molecule has 1 aromatic carbocycles. The molecule has 0 unspecified atom stereocenters. The number of guanidine groups is 1. The van der Waals surface area contributed by atoms with Crippen LogP contribution in [0, 0.1) is 0 Å². The van der Waals surface area contributed by atoms with Crippen LogP contribution < -0.4 is 15.4 Å². The molecule has 0 radical (unpaired) electrons. The zero-order valence-electron chi connectivity index (χ0n) is 15.7. The quantitative estimate of drug-likeness (QED) is 0.276. The number of aliphatic imine (C=N–C) groups is 1. The number of aromatic amines is 1. The Morgan fingerprint density at radius 2 is 2.00 bits per heavy atom. The topological polar surface area (TPSA) is 74.3 Å². The van der Waals surface area contributed by atoms with Gasteiger partial charge in [-0.3, -0.25) is 0 Å². The summed E-state index contributed by atoms with van der Waals surface area (Å²) in [4.78, 5) is 12.3. The SMILES string of the molecule is CCNC(=NCc1cccc(OC)n1)NCCc1c[nH]c2ccccc12.I. The van der Waals surface area contributed by atoms with E-state index in [1.807, 2.05) is 24.3 Å². The number of rotatable bonds is 7. The number of methoxy groups -OCH3 is 1. The molecule has 27 heavy (non-hydrogen) atoms. The van der Waals surface area contributed by atoms with Crippen LogP contribution in [0.4, 0.5) is 0 Å². The lowest BCUT2D eigenvalue weighted by molar-refractivity contribution is 0.396. The minimum absolute atomic E-state index is 0. The molecule has 3 rings (SSSR count). The molecule has 3 N–H and O–H groups in total. The Balaban J connectivity index is 0.00000261. The lowest BCUT2D eigenvalue weighted by atomic mass is 10.1. The number of hydrogen-bond donors (Lipinski definition) is 3. The summed E-state index contributed by atoms with van der Waals surface area (Å²) in [6, 6.07) is 14.1. The van der Waals surface area contributed by atoms with E-state index in [1.165, 1.54) is 16.5 Å². The maximum absolute atomic E-state index is 5.16. The first-order valence-electron chi connectivity index (χ1n) is 8.87. The first kappa shape index (κ1) is 21.0. The monoisotopic (exact) mass is 479 g/mol. The van der Waals surface area contributed by atoms with Gasteiger partial charge in [-0.15, -0.1) is 24.0 Å². The van der Waals surface area contributed by atoms with Gasteiger partial charge in [-0.05, 0) is 31.0 Å². The Bertz CT molecular complexity index is 877. The molecule has 0 saturated carbocycles. The molecule has 0 aliphatic heterocycles. The highest BCUT2D eigenvalue weighted by atomic mass is 127. The highest BCUT2D eigenvalue weighted by Gasteiger charge is 2.04. The first-order chi connectivity index (χ1) is 12.8. The van der Waals surface area contributed by atoms with Crippen molar-refractivity contribution in [3.05, 3.63) is 59.9 Å². The average Bonchev–Trinajstić information content (AvgIpc) is 3.09. The van der Waals surface area contributed by atoms with Crippen LogP contribution in [0.5, 0.6) is 5.88 Å². The van der Waals surface area contributed by atoms with Crippen LogP contribution in [0.2, 0.25) is 0 Å². The van der Waals surface area contributed by atoms with Crippen molar-refractivity contribution in [2.24, 2.45) is 4.99 Å². The molecule has 0 fully saturated rings. The molecule has 3 aromatic rings. The van der Waals surface area contributed by atoms with E-state index in [4.69, 9.17) is 4.74 Å². The van der Waals surface area contributed by atoms with Crippen molar-refractivity contribution in [3.63, 3.8) is 0 Å². The van der Waals surface area contributed by atoms with Crippen LogP contribution in [-0.2, 0) is 13.0 Å². The van der Waals surface area contributed by atoms with Crippen molar-refractivity contribution < 1.29 is 4.74 Å². The number of nitrogens with one attached hydrogen (secondary N) is 3. The summed E-state index contributed by atoms with van der Waals surface area (Å²) in [7, 11) is 1.62. The fourth-order valence-corrected chi connectivity index (χ4v) is 2.82. The predicted molar refractivity (Wildman–Crippen MR) is 121 cm³/mol. The van der Waals surface area contributed by atoms with Crippen molar-refractivity contribution >= 4 is 40.8 Å². The Hall–Kier alpha value is -2.29. The van der Waals surface area contributed by atoms with Crippen LogP contribution in [0.25, 0.3) is 10.9 Å². The third-order valence-corrected chi connectivity index (χ3v) is 4.10. The van der Waals surface area contributed by atoms with Crippen molar-refractivity contribution in [1.82, 2.24) is 20.6 Å². The second-order valence-electron chi connectivity index (χ2n) is 5.90. The molecule has 7 heteroatoms. The van der Waals surface area contributed by atoms with Crippen LogP contribution in [0.1, 0.15) is 18.2 Å². The first-order valence-corrected chi connectivity index (χ1v) is 8.87. The Morgan fingerprint density at radius 1 is 1.15 bits per heavy atom. The number of H-pyrrole nitrogens is 1. The largest absolute Gasteiger partial charge is 0.481 e. The van der Waals surface area contributed by atoms with Gasteiger partial charge in [0.25, 0.3) is 0 Å². The molecular weight excluding hydrogens is 453 g/mol. The van der Waals surface area contributed by atoms with E-state index in [0.29, 0.717) is 12.4 Å². The summed E-state index contributed by atoms with van der Waals surface area (Å²) in [5.74, 6) is 1.40. The van der Waals surface area contributed by atoms with Crippen LogP contribution in [-0.4, -0.2) is 36.1 Å². The number of aromatic nitrogens is 2. The minimum atomic E-state index is 0. The summed E-state index contributed by atoms with van der Waals surface area (Å²) in [6.45, 7) is 4.17. The number of fused-ring (bicyclic) bond motifs is 1. The van der Waals surface area contributed by atoms with Crippen LogP contribution in [0.3, 0.4) is 0 Å². The summed E-state index contributed by atoms with van der Waals surface area (Å²) in [6.07, 6.45) is 3.00. The summed E-state index contributed by atoms with van der Waals surface area (Å²) >= 11 is 0. The Kier molecular flexibility index (Phi) is 8.38. The van der Waals surface area contributed by atoms with Crippen molar-refractivity contribution in [3.8, 4) is 5.88 Å². The van der Waals surface area contributed by atoms with E-state index in [9.17, 15) is 0 Å². The number of hydrogen-bond acceptors (Lipinski definition) is 3. The average molecular weight is 479 g/mol. The maximum atomic E-state index is 5.16. The molecule has 6 nitrogen and oxygen atoms in total. The van der Waals surface area contributed by atoms with Gasteiger partial charge in [-0.2, -0.15) is 0 Å². The lowest BCUT2D eigenvalue weighted by Gasteiger charge is -2.11. The fourth-order valence-electron chi connectivity index (χ4n) is 2.82. The van der Waals surface area contributed by atoms with Gasteiger partial charge in [0.1, 0.15) is 0 Å². The molecular formula is C20H26IN5O. The predicted octanol–water partition coefficient (Wildman–Crippen LogP) is 3.49. The third kappa shape index (κ3) is 5.85. The fraction of sp³-hybridized carbons (Fsp3) is 0.300. The van der Waals surface area contributed by atoms with Gasteiger partial charge in [0.15, 0.2) is 5.96 Å². The number of para-hydroxylation sites is 1. The number of ether oxygens (including phenoxy) is 1. The van der Waals surface area contributed by atoms with Crippen molar-refractivity contribution in [2.45, 2.75) is 19.9 Å². The summed E-state index contributed by atoms with van der Waals surface area (Å²) in [5, 5.41) is 7.93. The minimum Gasteiger partial charge on any atom is -0.481 e. The van der Waals surface area contributed by atoms with Crippen molar-refractivity contribution in [2.75, 3.05) is 20.2 Å². The summed E-state index contributed by atoms with van der Waals surface area (Å²) in [5.41, 5.74) is 3.35. The van der Waals surface area contributed by atoms with E-state index in [1.54, 1.807) is 7.11 Å². The zero-order chi connectivity index (χ0) is 18.2. The van der Waals surface area contributed by atoms with E-state index >= 15 is 0 Å². The van der Waals surface area contributed by atoms with Crippen LogP contribution in [0.15, 0.2) is 53.7 Å². The lowest BCUT2D eigenvalue weighted by Crippen LogP contribution is -2.38. The van der Waals surface area contributed by atoms with Crippen molar-refractivity contribution in [1.29, 1.82) is 0 Å². The number of pyridine rings is 1. The van der Waals surface area contributed by atoms with Gasteiger partial charge in [-0.25, -0.2) is 9.98 Å². The van der Waals surface area contributed by atoms with E-state index in [-0.39, 0.29) is 24.0 Å². The number of benzene rings is 1. The molecule has 0 aliphatic carbocycles. The number of nitrogens with zero attached hydrogens (tertiary/aromatic N) is 2. The van der Waals surface area contributed by atoms with E-state index in [2.05, 4.69) is 56.9 Å². The smallest absolute Gasteiger partial charge is 0.213 e. The third-order valence-electron chi connectivity index (χ3n) is 4.10. The highest BCUT2D eigenvalue weighted by Crippen LogP contribution is 2.17. The van der Waals surface area contributed by atoms with Gasteiger partial charge < -0.3 is 20.4 Å². The van der Waals surface area contributed by atoms with E-state index < -0.39 is 0 Å². The summed E-state index contributed by atoms with van der Waals surface area (Å²) < 4.78 is 5.16. The van der Waals surface area contributed by atoms with Gasteiger partial charge in [0, 0.05) is 36.3 Å². The molecule has 0 bridgehead atoms.